The van der Waals surface area contributed by atoms with Gasteiger partial charge in [-0.1, -0.05) is 22.0 Å². The van der Waals surface area contributed by atoms with Gasteiger partial charge >= 0.3 is 0 Å². The Hall–Kier alpha value is -0.340. The van der Waals surface area contributed by atoms with Crippen molar-refractivity contribution in [1.29, 1.82) is 0 Å². The summed E-state index contributed by atoms with van der Waals surface area (Å²) in [5.41, 5.74) is 11.4. The summed E-state index contributed by atoms with van der Waals surface area (Å²) < 4.78 is 1.21. The van der Waals surface area contributed by atoms with Crippen molar-refractivity contribution in [3.63, 3.8) is 0 Å². The summed E-state index contributed by atoms with van der Waals surface area (Å²) in [6, 6.07) is 4.82. The van der Waals surface area contributed by atoms with Crippen LogP contribution in [0.1, 0.15) is 61.3 Å². The smallest absolute Gasteiger partial charge is 0.0355 e. The van der Waals surface area contributed by atoms with Crippen LogP contribution in [0, 0.1) is 37.0 Å². The van der Waals surface area contributed by atoms with E-state index in [1.54, 1.807) is 0 Å². The number of halogens is 1. The van der Waals surface area contributed by atoms with Gasteiger partial charge in [0.15, 0.2) is 0 Å². The van der Waals surface area contributed by atoms with E-state index >= 15 is 0 Å². The Kier molecular flexibility index (Phi) is 3.28. The third kappa shape index (κ3) is 2.21. The van der Waals surface area contributed by atoms with Gasteiger partial charge in [-0.25, -0.2) is 0 Å². The van der Waals surface area contributed by atoms with Crippen LogP contribution in [0.3, 0.4) is 0 Å². The molecule has 4 bridgehead atoms. The first-order valence-corrected chi connectivity index (χ1v) is 9.28. The van der Waals surface area contributed by atoms with Crippen LogP contribution in [0.2, 0.25) is 0 Å². The largest absolute Gasteiger partial charge is 0.323 e. The molecule has 0 aliphatic heterocycles. The Morgan fingerprint density at radius 1 is 1.00 bits per heavy atom. The summed E-state index contributed by atoms with van der Waals surface area (Å²) in [6.45, 7) is 4.40. The van der Waals surface area contributed by atoms with Crippen molar-refractivity contribution in [2.24, 2.45) is 28.9 Å². The van der Waals surface area contributed by atoms with Gasteiger partial charge in [-0.3, -0.25) is 0 Å². The van der Waals surface area contributed by atoms with Crippen LogP contribution in [-0.2, 0) is 0 Å². The first kappa shape index (κ1) is 14.3. The minimum absolute atomic E-state index is 0.234. The lowest BCUT2D eigenvalue weighted by Gasteiger charge is -2.59. The fourth-order valence-corrected chi connectivity index (χ4v) is 6.48. The summed E-state index contributed by atoms with van der Waals surface area (Å²) in [7, 11) is 0. The van der Waals surface area contributed by atoms with Crippen LogP contribution in [0.5, 0.6) is 0 Å². The zero-order valence-corrected chi connectivity index (χ0v) is 14.7. The molecule has 4 aliphatic rings. The molecule has 1 unspecified atom stereocenters. The molecule has 4 fully saturated rings. The monoisotopic (exact) mass is 347 g/mol. The maximum Gasteiger partial charge on any atom is 0.0355 e. The molecule has 0 amide bonds. The van der Waals surface area contributed by atoms with E-state index in [1.807, 2.05) is 0 Å². The van der Waals surface area contributed by atoms with Crippen LogP contribution < -0.4 is 5.73 Å². The molecule has 21 heavy (non-hydrogen) atoms. The quantitative estimate of drug-likeness (QED) is 0.773. The van der Waals surface area contributed by atoms with E-state index in [2.05, 4.69) is 41.9 Å². The van der Waals surface area contributed by atoms with Gasteiger partial charge in [0.25, 0.3) is 0 Å². The van der Waals surface area contributed by atoms with Crippen LogP contribution >= 0.6 is 15.9 Å². The minimum Gasteiger partial charge on any atom is -0.323 e. The molecule has 4 saturated carbocycles. The molecule has 0 heterocycles. The molecular formula is C19H26BrN. The van der Waals surface area contributed by atoms with E-state index < -0.39 is 0 Å². The second-order valence-corrected chi connectivity index (χ2v) is 9.07. The molecule has 1 aromatic rings. The second kappa shape index (κ2) is 4.83. The second-order valence-electron chi connectivity index (χ2n) is 8.22. The molecule has 2 heteroatoms. The van der Waals surface area contributed by atoms with Gasteiger partial charge < -0.3 is 5.73 Å². The maximum atomic E-state index is 6.90. The van der Waals surface area contributed by atoms with E-state index in [0.717, 1.165) is 17.8 Å². The molecule has 0 saturated heterocycles. The third-order valence-corrected chi connectivity index (χ3v) is 7.48. The Labute approximate surface area is 136 Å². The average Bonchev–Trinajstić information content (AvgIpc) is 2.40. The number of nitrogens with two attached hydrogens (primary N) is 1. The van der Waals surface area contributed by atoms with Crippen molar-refractivity contribution in [2.75, 3.05) is 0 Å². The molecule has 1 atom stereocenters. The molecule has 1 nitrogen and oxygen atoms in total. The number of hydrogen-bond donors (Lipinski definition) is 1. The van der Waals surface area contributed by atoms with Gasteiger partial charge in [0, 0.05) is 10.5 Å². The first-order valence-electron chi connectivity index (χ1n) is 8.49. The summed E-state index contributed by atoms with van der Waals surface area (Å²) in [4.78, 5) is 0. The van der Waals surface area contributed by atoms with E-state index in [-0.39, 0.29) is 6.04 Å². The van der Waals surface area contributed by atoms with Crippen LogP contribution in [-0.4, -0.2) is 0 Å². The van der Waals surface area contributed by atoms with E-state index in [4.69, 9.17) is 5.73 Å². The lowest BCUT2D eigenvalue weighted by molar-refractivity contribution is -0.0678. The van der Waals surface area contributed by atoms with E-state index in [1.165, 1.54) is 59.7 Å². The lowest BCUT2D eigenvalue weighted by atomic mass is 9.47. The molecule has 0 aromatic heterocycles. The molecule has 0 spiro atoms. The third-order valence-electron chi connectivity index (χ3n) is 6.63. The Morgan fingerprint density at radius 3 is 2.05 bits per heavy atom. The molecule has 2 N–H and O–H groups in total. The molecule has 1 aromatic carbocycles. The van der Waals surface area contributed by atoms with Gasteiger partial charge in [0.1, 0.15) is 0 Å². The van der Waals surface area contributed by atoms with Gasteiger partial charge in [-0.2, -0.15) is 0 Å². The van der Waals surface area contributed by atoms with Gasteiger partial charge in [-0.15, -0.1) is 0 Å². The number of aryl methyl sites for hydroxylation is 2. The molecule has 0 radical (unpaired) electrons. The Balaban J connectivity index is 1.71. The van der Waals surface area contributed by atoms with Crippen molar-refractivity contribution in [3.05, 3.63) is 33.3 Å². The fraction of sp³-hybridized carbons (Fsp3) is 0.684. The van der Waals surface area contributed by atoms with Crippen molar-refractivity contribution >= 4 is 15.9 Å². The molecule has 5 rings (SSSR count). The number of hydrogen-bond acceptors (Lipinski definition) is 1. The zero-order chi connectivity index (χ0) is 14.8. The number of benzene rings is 1. The SMILES string of the molecule is Cc1cc(C(N)C23CC4CC(CC(C4)C2)C3)c(C)cc1Br. The Bertz CT molecular complexity index is 542. The van der Waals surface area contributed by atoms with Crippen molar-refractivity contribution in [3.8, 4) is 0 Å². The predicted molar refractivity (Wildman–Crippen MR) is 91.1 cm³/mol. The van der Waals surface area contributed by atoms with E-state index in [0.29, 0.717) is 5.41 Å². The van der Waals surface area contributed by atoms with Crippen molar-refractivity contribution < 1.29 is 0 Å². The highest BCUT2D eigenvalue weighted by atomic mass is 79.9. The van der Waals surface area contributed by atoms with Crippen LogP contribution in [0.15, 0.2) is 16.6 Å². The average molecular weight is 348 g/mol. The van der Waals surface area contributed by atoms with Crippen LogP contribution in [0.25, 0.3) is 0 Å². The number of rotatable bonds is 2. The van der Waals surface area contributed by atoms with Gasteiger partial charge in [0.2, 0.25) is 0 Å². The van der Waals surface area contributed by atoms with Crippen molar-refractivity contribution in [1.82, 2.24) is 0 Å². The molecule has 114 valence electrons. The lowest BCUT2D eigenvalue weighted by Crippen LogP contribution is -2.51. The highest BCUT2D eigenvalue weighted by Crippen LogP contribution is 2.63. The normalized spacial score (nSPS) is 38.8. The van der Waals surface area contributed by atoms with Gasteiger partial charge in [0.05, 0.1) is 0 Å². The highest BCUT2D eigenvalue weighted by molar-refractivity contribution is 9.10. The summed E-state index contributed by atoms with van der Waals surface area (Å²) in [5.74, 6) is 2.91. The summed E-state index contributed by atoms with van der Waals surface area (Å²) in [6.07, 6.45) is 8.62. The predicted octanol–water partition coefficient (Wildman–Crippen LogP) is 5.28. The standard InChI is InChI=1S/C19H26BrN/c1-11-4-17(20)12(2)3-16(11)18(21)19-8-13-5-14(9-19)7-15(6-13)10-19/h3-4,13-15,18H,5-10,21H2,1-2H3. The Morgan fingerprint density at radius 2 is 1.52 bits per heavy atom. The molecule has 4 aliphatic carbocycles. The minimum atomic E-state index is 0.234. The fourth-order valence-electron chi connectivity index (χ4n) is 6.03. The molecular weight excluding hydrogens is 322 g/mol. The topological polar surface area (TPSA) is 26.0 Å². The summed E-state index contributed by atoms with van der Waals surface area (Å²) >= 11 is 3.65. The first-order chi connectivity index (χ1) is 9.97. The summed E-state index contributed by atoms with van der Waals surface area (Å²) in [5, 5.41) is 0. The van der Waals surface area contributed by atoms with Crippen LogP contribution in [0.4, 0.5) is 0 Å². The van der Waals surface area contributed by atoms with Crippen molar-refractivity contribution in [2.45, 2.75) is 58.4 Å². The van der Waals surface area contributed by atoms with E-state index in [9.17, 15) is 0 Å². The highest BCUT2D eigenvalue weighted by Gasteiger charge is 2.53. The van der Waals surface area contributed by atoms with Gasteiger partial charge in [-0.05, 0) is 98.3 Å². The maximum absolute atomic E-state index is 6.90. The zero-order valence-electron chi connectivity index (χ0n) is 13.2.